The van der Waals surface area contributed by atoms with Crippen molar-refractivity contribution in [2.75, 3.05) is 13.2 Å². The Morgan fingerprint density at radius 2 is 0.731 bits per heavy atom. The lowest BCUT2D eigenvalue weighted by atomic mass is 9.72. The van der Waals surface area contributed by atoms with Crippen molar-refractivity contribution < 1.29 is 14.6 Å². The summed E-state index contributed by atoms with van der Waals surface area (Å²) in [5.41, 5.74) is 5.40. The van der Waals surface area contributed by atoms with E-state index in [9.17, 15) is 5.11 Å². The normalized spacial score (nSPS) is 13.0. The van der Waals surface area contributed by atoms with Crippen LogP contribution in [0, 0.1) is 27.0 Å². The maximum absolute atomic E-state index is 9.53. The average molecular weight is 1050 g/mol. The molecule has 0 spiro atoms. The molecule has 3 rings (SSSR count). The van der Waals surface area contributed by atoms with E-state index in [4.69, 9.17) is 9.47 Å². The number of aromatic hydroxyl groups is 1. The van der Waals surface area contributed by atoms with E-state index in [1.807, 2.05) is 6.07 Å². The summed E-state index contributed by atoms with van der Waals surface area (Å²) in [6.45, 7) is 36.0. The van der Waals surface area contributed by atoms with Crippen LogP contribution in [0.1, 0.15) is 153 Å². The summed E-state index contributed by atoms with van der Waals surface area (Å²) >= 11 is 6.99. The maximum Gasteiger partial charge on any atom is 0.132 e. The van der Waals surface area contributed by atoms with Crippen molar-refractivity contribution in [2.24, 2.45) is 16.2 Å². The molecule has 0 radical (unpaired) electrons. The van der Waals surface area contributed by atoms with Crippen molar-refractivity contribution in [3.8, 4) is 17.2 Å². The number of hydrogen-bond donors (Lipinski definition) is 1. The first kappa shape index (κ1) is 47.4. The lowest BCUT2D eigenvalue weighted by Gasteiger charge is -2.33. The van der Waals surface area contributed by atoms with E-state index in [-0.39, 0.29) is 16.2 Å². The summed E-state index contributed by atoms with van der Waals surface area (Å²) < 4.78 is 15.5. The fraction of sp³-hybridized carbons (Fsp3) is 0.609. The van der Waals surface area contributed by atoms with Crippen molar-refractivity contribution in [1.29, 1.82) is 0 Å². The lowest BCUT2D eigenvalue weighted by Crippen LogP contribution is -2.25. The van der Waals surface area contributed by atoms with E-state index in [1.54, 1.807) is 6.07 Å². The minimum Gasteiger partial charge on any atom is -0.507 e. The van der Waals surface area contributed by atoms with Crippen molar-refractivity contribution in [1.82, 2.24) is 0 Å². The summed E-state index contributed by atoms with van der Waals surface area (Å²) in [6.07, 6.45) is 5.36. The van der Waals surface area contributed by atoms with Crippen LogP contribution in [-0.2, 0) is 16.2 Å². The van der Waals surface area contributed by atoms with Crippen LogP contribution in [0.4, 0.5) is 0 Å². The third kappa shape index (κ3) is 16.5. The standard InChI is InChI=1S/C32H48I2O2.C14H21IO/c1-29(2,3)21-31(7,8)23-13-15-27(25(33)19-23)35-17-11-12-18-36-28-16-14-24(20-26(28)34)32(9,10)22-30(4,5)6;1-13(2,3)9-14(4,5)10-6-7-12(16)11(15)8-10/h13-16,19-20H,11-12,17-18,21-22H2,1-10H3;6-8,16H,9H2,1-5H3. The molecule has 1 N–H and O–H groups in total. The van der Waals surface area contributed by atoms with Crippen LogP contribution in [0.3, 0.4) is 0 Å². The molecule has 0 aliphatic carbocycles. The molecule has 0 bridgehead atoms. The molecule has 292 valence electrons. The van der Waals surface area contributed by atoms with Crippen LogP contribution in [0.25, 0.3) is 0 Å². The third-order valence-electron chi connectivity index (χ3n) is 9.13. The van der Waals surface area contributed by atoms with Gasteiger partial charge in [-0.05, 0) is 185 Å². The molecule has 52 heavy (non-hydrogen) atoms. The summed E-state index contributed by atoms with van der Waals surface area (Å²) in [7, 11) is 0. The van der Waals surface area contributed by atoms with Crippen LogP contribution >= 0.6 is 67.8 Å². The van der Waals surface area contributed by atoms with Crippen LogP contribution in [0.15, 0.2) is 54.6 Å². The Labute approximate surface area is 360 Å². The van der Waals surface area contributed by atoms with Gasteiger partial charge in [-0.25, -0.2) is 0 Å². The molecule has 0 aliphatic heterocycles. The van der Waals surface area contributed by atoms with Crippen molar-refractivity contribution in [2.45, 2.75) is 152 Å². The van der Waals surface area contributed by atoms with E-state index < -0.39 is 0 Å². The first-order valence-electron chi connectivity index (χ1n) is 18.9. The van der Waals surface area contributed by atoms with Crippen LogP contribution < -0.4 is 9.47 Å². The summed E-state index contributed by atoms with van der Waals surface area (Å²) in [5, 5.41) is 9.53. The molecule has 3 aromatic rings. The fourth-order valence-corrected chi connectivity index (χ4v) is 9.71. The lowest BCUT2D eigenvalue weighted by molar-refractivity contribution is 0.263. The first-order chi connectivity index (χ1) is 23.5. The molecular weight excluding hydrogens is 981 g/mol. The van der Waals surface area contributed by atoms with Gasteiger partial charge in [0, 0.05) is 0 Å². The monoisotopic (exact) mass is 1050 g/mol. The Balaban J connectivity index is 0.000000487. The number of unbranched alkanes of at least 4 members (excludes halogenated alkanes) is 1. The molecular formula is C46H69I3O3. The topological polar surface area (TPSA) is 38.7 Å². The molecule has 0 aromatic heterocycles. The molecule has 0 unspecified atom stereocenters. The molecule has 3 aromatic carbocycles. The van der Waals surface area contributed by atoms with Gasteiger partial charge in [-0.1, -0.05) is 122 Å². The van der Waals surface area contributed by atoms with Gasteiger partial charge in [-0.3, -0.25) is 0 Å². The number of benzene rings is 3. The molecule has 6 heteroatoms. The summed E-state index contributed by atoms with van der Waals surface area (Å²) in [6, 6.07) is 19.2. The Morgan fingerprint density at radius 1 is 0.442 bits per heavy atom. The molecule has 0 saturated carbocycles. The third-order valence-corrected chi connectivity index (χ3v) is 11.7. The highest BCUT2D eigenvalue weighted by Gasteiger charge is 2.30. The van der Waals surface area contributed by atoms with Gasteiger partial charge in [0.25, 0.3) is 0 Å². The fourth-order valence-electron chi connectivity index (χ4n) is 7.86. The minimum atomic E-state index is 0.145. The molecule has 0 atom stereocenters. The van der Waals surface area contributed by atoms with Gasteiger partial charge in [0.1, 0.15) is 17.2 Å². The highest BCUT2D eigenvalue weighted by molar-refractivity contribution is 14.1. The second kappa shape index (κ2) is 18.9. The highest BCUT2D eigenvalue weighted by atomic mass is 127. The smallest absolute Gasteiger partial charge is 0.132 e. The molecule has 0 aliphatic rings. The van der Waals surface area contributed by atoms with Gasteiger partial charge < -0.3 is 14.6 Å². The van der Waals surface area contributed by atoms with Crippen LogP contribution in [0.5, 0.6) is 17.2 Å². The van der Waals surface area contributed by atoms with Gasteiger partial charge in [0.05, 0.1) is 23.9 Å². The zero-order valence-corrected chi connectivity index (χ0v) is 41.5. The molecule has 0 amide bonds. The average Bonchev–Trinajstić information content (AvgIpc) is 2.94. The highest BCUT2D eigenvalue weighted by Crippen LogP contribution is 2.40. The first-order valence-corrected chi connectivity index (χ1v) is 22.1. The second-order valence-corrected chi connectivity index (χ2v) is 23.7. The van der Waals surface area contributed by atoms with Gasteiger partial charge in [0.15, 0.2) is 0 Å². The minimum absolute atomic E-state index is 0.145. The molecule has 0 heterocycles. The SMILES string of the molecule is CC(C)(C)CC(C)(C)c1ccc(O)c(I)c1.CC(C)(C)CC(C)(C)c1ccc(OCCCCOc2ccc(C(C)(C)CC(C)(C)C)cc2I)c(I)c1. The zero-order valence-electron chi connectivity index (χ0n) is 35.0. The van der Waals surface area contributed by atoms with E-state index >= 15 is 0 Å². The van der Waals surface area contributed by atoms with Gasteiger partial charge in [-0.15, -0.1) is 0 Å². The van der Waals surface area contributed by atoms with Crippen molar-refractivity contribution >= 4 is 67.8 Å². The summed E-state index contributed by atoms with van der Waals surface area (Å²) in [5.74, 6) is 2.33. The predicted octanol–water partition coefficient (Wildman–Crippen LogP) is 15.3. The van der Waals surface area contributed by atoms with Gasteiger partial charge in [-0.2, -0.15) is 0 Å². The number of rotatable bonds is 13. The number of ether oxygens (including phenoxy) is 2. The Morgan fingerprint density at radius 3 is 1.00 bits per heavy atom. The summed E-state index contributed by atoms with van der Waals surface area (Å²) in [4.78, 5) is 0. The Bertz CT molecular complexity index is 1500. The number of phenolic OH excluding ortho intramolecular Hbond substituents is 1. The van der Waals surface area contributed by atoms with Gasteiger partial charge >= 0.3 is 0 Å². The van der Waals surface area contributed by atoms with E-state index in [2.05, 4.69) is 214 Å². The van der Waals surface area contributed by atoms with Crippen molar-refractivity contribution in [3.63, 3.8) is 0 Å². The van der Waals surface area contributed by atoms with Crippen LogP contribution in [0.2, 0.25) is 0 Å². The number of halogens is 3. The van der Waals surface area contributed by atoms with Gasteiger partial charge in [0.2, 0.25) is 0 Å². The molecule has 0 saturated heterocycles. The number of hydrogen-bond acceptors (Lipinski definition) is 3. The molecule has 0 fully saturated rings. The quantitative estimate of drug-likeness (QED) is 0.137. The van der Waals surface area contributed by atoms with E-state index in [0.29, 0.717) is 35.2 Å². The molecule has 3 nitrogen and oxygen atoms in total. The number of phenols is 1. The van der Waals surface area contributed by atoms with E-state index in [1.165, 1.54) is 23.8 Å². The maximum atomic E-state index is 9.53. The van der Waals surface area contributed by atoms with E-state index in [0.717, 1.165) is 47.2 Å². The van der Waals surface area contributed by atoms with Crippen molar-refractivity contribution in [3.05, 3.63) is 82.0 Å². The van der Waals surface area contributed by atoms with Crippen LogP contribution in [-0.4, -0.2) is 18.3 Å². The predicted molar refractivity (Wildman–Crippen MR) is 251 cm³/mol. The Kier molecular flexibility index (Phi) is 17.3. The zero-order chi connectivity index (χ0) is 39.9. The Hall–Kier alpha value is -0.750. The second-order valence-electron chi connectivity index (χ2n) is 20.2. The largest absolute Gasteiger partial charge is 0.507 e.